The largest absolute Gasteiger partial charge is 0.274 e. The van der Waals surface area contributed by atoms with Gasteiger partial charge in [0.1, 0.15) is 5.82 Å². The average Bonchev–Trinajstić information content (AvgIpc) is 3.12. The molecule has 6 heteroatoms. The maximum atomic E-state index is 6.16. The molecule has 146 valence electrons. The lowest BCUT2D eigenvalue weighted by Gasteiger charge is -2.11. The van der Waals surface area contributed by atoms with Gasteiger partial charge in [-0.3, -0.25) is 4.57 Å². The molecule has 0 aliphatic carbocycles. The predicted molar refractivity (Wildman–Crippen MR) is 121 cm³/mol. The van der Waals surface area contributed by atoms with E-state index in [0.717, 1.165) is 34.4 Å². The van der Waals surface area contributed by atoms with Gasteiger partial charge in [-0.15, -0.1) is 10.2 Å². The van der Waals surface area contributed by atoms with E-state index < -0.39 is 0 Å². The van der Waals surface area contributed by atoms with Crippen molar-refractivity contribution < 1.29 is 0 Å². The van der Waals surface area contributed by atoms with E-state index in [9.17, 15) is 0 Å². The zero-order valence-electron chi connectivity index (χ0n) is 15.8. The Hall–Kier alpha value is -2.27. The first-order chi connectivity index (χ1) is 14.1. The van der Waals surface area contributed by atoms with E-state index in [4.69, 9.17) is 23.2 Å². The van der Waals surface area contributed by atoms with Gasteiger partial charge in [0.05, 0.1) is 10.0 Å². The fraction of sp³-hybridized carbons (Fsp3) is 0.130. The van der Waals surface area contributed by atoms with Gasteiger partial charge in [-0.1, -0.05) is 89.1 Å². The molecule has 0 bridgehead atoms. The summed E-state index contributed by atoms with van der Waals surface area (Å²) in [6.07, 6.45) is 0.717. The van der Waals surface area contributed by atoms with Crippen LogP contribution in [0.3, 0.4) is 0 Å². The van der Waals surface area contributed by atoms with E-state index in [2.05, 4.69) is 58.1 Å². The third kappa shape index (κ3) is 4.84. The van der Waals surface area contributed by atoms with Crippen LogP contribution in [0, 0.1) is 6.92 Å². The molecule has 0 aliphatic rings. The highest BCUT2D eigenvalue weighted by Gasteiger charge is 2.15. The lowest BCUT2D eigenvalue weighted by atomic mass is 10.1. The van der Waals surface area contributed by atoms with Crippen molar-refractivity contribution >= 4 is 35.0 Å². The van der Waals surface area contributed by atoms with E-state index in [1.165, 1.54) is 11.1 Å². The molecule has 3 aromatic carbocycles. The quantitative estimate of drug-likeness (QED) is 0.310. The van der Waals surface area contributed by atoms with Crippen LogP contribution in [0.15, 0.2) is 78.0 Å². The minimum atomic E-state index is 0.563. The first-order valence-corrected chi connectivity index (χ1v) is 11.0. The van der Waals surface area contributed by atoms with E-state index in [-0.39, 0.29) is 0 Å². The van der Waals surface area contributed by atoms with E-state index >= 15 is 0 Å². The van der Waals surface area contributed by atoms with E-state index in [0.29, 0.717) is 10.0 Å². The minimum absolute atomic E-state index is 0.563. The van der Waals surface area contributed by atoms with Gasteiger partial charge < -0.3 is 0 Å². The van der Waals surface area contributed by atoms with Crippen LogP contribution in [-0.2, 0) is 12.2 Å². The molecule has 0 aliphatic heterocycles. The topological polar surface area (TPSA) is 30.7 Å². The molecular formula is C23H19Cl2N3S. The molecule has 29 heavy (non-hydrogen) atoms. The molecule has 0 saturated heterocycles. The van der Waals surface area contributed by atoms with Crippen LogP contribution in [0.4, 0.5) is 0 Å². The SMILES string of the molecule is Cc1ccc(-n2c(Cc3ccccc3)nnc2SCc2ccc(Cl)c(Cl)c2)cc1. The molecule has 3 nitrogen and oxygen atoms in total. The van der Waals surface area contributed by atoms with Gasteiger partial charge in [-0.25, -0.2) is 0 Å². The van der Waals surface area contributed by atoms with Gasteiger partial charge in [0.2, 0.25) is 0 Å². The third-order valence-corrected chi connectivity index (χ3v) is 6.29. The standard InChI is InChI=1S/C23H19Cl2N3S/c1-16-7-10-19(11-8-16)28-22(14-17-5-3-2-4-6-17)26-27-23(28)29-15-18-9-12-20(24)21(25)13-18/h2-13H,14-15H2,1H3. The summed E-state index contributed by atoms with van der Waals surface area (Å²) >= 11 is 13.8. The maximum absolute atomic E-state index is 6.16. The Labute approximate surface area is 184 Å². The molecule has 0 N–H and O–H groups in total. The predicted octanol–water partition coefficient (Wildman–Crippen LogP) is 6.77. The number of aryl methyl sites for hydroxylation is 1. The summed E-state index contributed by atoms with van der Waals surface area (Å²) in [5.41, 5.74) is 4.57. The number of hydrogen-bond donors (Lipinski definition) is 0. The molecule has 0 spiro atoms. The number of benzene rings is 3. The van der Waals surface area contributed by atoms with E-state index in [1.807, 2.05) is 36.4 Å². The smallest absolute Gasteiger partial charge is 0.196 e. The number of aromatic nitrogens is 3. The summed E-state index contributed by atoms with van der Waals surface area (Å²) < 4.78 is 2.13. The summed E-state index contributed by atoms with van der Waals surface area (Å²) in [7, 11) is 0. The van der Waals surface area contributed by atoms with Crippen LogP contribution >= 0.6 is 35.0 Å². The maximum Gasteiger partial charge on any atom is 0.196 e. The number of halogens is 2. The molecule has 4 rings (SSSR count). The van der Waals surface area contributed by atoms with Gasteiger partial charge in [0.15, 0.2) is 5.16 Å². The first-order valence-electron chi connectivity index (χ1n) is 9.22. The minimum Gasteiger partial charge on any atom is -0.274 e. The summed E-state index contributed by atoms with van der Waals surface area (Å²) in [5, 5.41) is 11.0. The van der Waals surface area contributed by atoms with Crippen molar-refractivity contribution in [2.24, 2.45) is 0 Å². The molecule has 4 aromatic rings. The van der Waals surface area contributed by atoms with Gasteiger partial charge in [-0.2, -0.15) is 0 Å². The lowest BCUT2D eigenvalue weighted by Crippen LogP contribution is -2.04. The lowest BCUT2D eigenvalue weighted by molar-refractivity contribution is 0.847. The molecular weight excluding hydrogens is 421 g/mol. The van der Waals surface area contributed by atoms with Gasteiger partial charge in [-0.05, 0) is 42.3 Å². The molecule has 1 aromatic heterocycles. The van der Waals surface area contributed by atoms with Crippen LogP contribution in [0.2, 0.25) is 10.0 Å². The Morgan fingerprint density at radius 2 is 1.59 bits per heavy atom. The highest BCUT2D eigenvalue weighted by atomic mass is 35.5. The van der Waals surface area contributed by atoms with Crippen molar-refractivity contribution in [1.82, 2.24) is 14.8 Å². The number of thioether (sulfide) groups is 1. The zero-order valence-corrected chi connectivity index (χ0v) is 18.2. The first kappa shape index (κ1) is 20.0. The molecule has 0 unspecified atom stereocenters. The van der Waals surface area contributed by atoms with Crippen molar-refractivity contribution in [3.8, 4) is 5.69 Å². The summed E-state index contributed by atoms with van der Waals surface area (Å²) in [6, 6.07) is 24.5. The van der Waals surface area contributed by atoms with Crippen molar-refractivity contribution in [1.29, 1.82) is 0 Å². The van der Waals surface area contributed by atoms with Crippen LogP contribution in [0.5, 0.6) is 0 Å². The van der Waals surface area contributed by atoms with Crippen molar-refractivity contribution in [2.75, 3.05) is 0 Å². The molecule has 0 fully saturated rings. The molecule has 0 saturated carbocycles. The fourth-order valence-electron chi connectivity index (χ4n) is 3.02. The second-order valence-corrected chi connectivity index (χ2v) is 8.53. The molecule has 0 radical (unpaired) electrons. The van der Waals surface area contributed by atoms with Crippen LogP contribution in [0.1, 0.15) is 22.5 Å². The zero-order chi connectivity index (χ0) is 20.2. The van der Waals surface area contributed by atoms with Crippen molar-refractivity contribution in [3.63, 3.8) is 0 Å². The number of rotatable bonds is 6. The third-order valence-electron chi connectivity index (χ3n) is 4.55. The summed E-state index contributed by atoms with van der Waals surface area (Å²) in [4.78, 5) is 0. The summed E-state index contributed by atoms with van der Waals surface area (Å²) in [6.45, 7) is 2.08. The Kier molecular flexibility index (Phi) is 6.24. The molecule has 1 heterocycles. The second kappa shape index (κ2) is 9.04. The van der Waals surface area contributed by atoms with Gasteiger partial charge in [0.25, 0.3) is 0 Å². The van der Waals surface area contributed by atoms with Crippen molar-refractivity contribution in [3.05, 3.63) is 105 Å². The second-order valence-electron chi connectivity index (χ2n) is 6.77. The van der Waals surface area contributed by atoms with Crippen LogP contribution < -0.4 is 0 Å². The van der Waals surface area contributed by atoms with Crippen LogP contribution in [-0.4, -0.2) is 14.8 Å². The van der Waals surface area contributed by atoms with Gasteiger partial charge >= 0.3 is 0 Å². The number of hydrogen-bond acceptors (Lipinski definition) is 3. The average molecular weight is 440 g/mol. The monoisotopic (exact) mass is 439 g/mol. The highest BCUT2D eigenvalue weighted by molar-refractivity contribution is 7.98. The Bertz CT molecular complexity index is 1110. The summed E-state index contributed by atoms with van der Waals surface area (Å²) in [5.74, 6) is 1.64. The normalized spacial score (nSPS) is 11.0. The van der Waals surface area contributed by atoms with Crippen molar-refractivity contribution in [2.45, 2.75) is 24.3 Å². The van der Waals surface area contributed by atoms with Crippen LogP contribution in [0.25, 0.3) is 5.69 Å². The Morgan fingerprint density at radius 3 is 2.31 bits per heavy atom. The Balaban J connectivity index is 1.65. The van der Waals surface area contributed by atoms with Gasteiger partial charge in [0, 0.05) is 17.9 Å². The fourth-order valence-corrected chi connectivity index (χ4v) is 4.25. The van der Waals surface area contributed by atoms with E-state index in [1.54, 1.807) is 11.8 Å². The molecule has 0 amide bonds. The molecule has 0 atom stereocenters. The highest BCUT2D eigenvalue weighted by Crippen LogP contribution is 2.29. The number of nitrogens with zero attached hydrogens (tertiary/aromatic N) is 3. The Morgan fingerprint density at radius 1 is 0.828 bits per heavy atom.